The van der Waals surface area contributed by atoms with Gasteiger partial charge in [0.05, 0.1) is 25.8 Å². The molecule has 1 aromatic heterocycles. The largest absolute Gasteiger partial charge is 0.497 e. The van der Waals surface area contributed by atoms with Crippen LogP contribution >= 0.6 is 0 Å². The normalized spacial score (nSPS) is 21.5. The summed E-state index contributed by atoms with van der Waals surface area (Å²) in [7, 11) is 1.69. The molecule has 0 spiro atoms. The molecule has 2 atom stereocenters. The Kier molecular flexibility index (Phi) is 8.97. The molecule has 2 aliphatic rings. The quantitative estimate of drug-likeness (QED) is 0.318. The van der Waals surface area contributed by atoms with E-state index in [2.05, 4.69) is 35.3 Å². The number of nitrogens with one attached hydrogen (secondary N) is 1. The Bertz CT molecular complexity index is 1180. The van der Waals surface area contributed by atoms with E-state index >= 15 is 0 Å². The molecule has 2 aliphatic heterocycles. The van der Waals surface area contributed by atoms with Gasteiger partial charge in [-0.05, 0) is 43.0 Å². The first-order valence-corrected chi connectivity index (χ1v) is 14.4. The number of aromatic nitrogens is 2. The summed E-state index contributed by atoms with van der Waals surface area (Å²) in [5.74, 6) is 0.816. The lowest BCUT2D eigenvalue weighted by molar-refractivity contribution is -0.0843. The third-order valence-corrected chi connectivity index (χ3v) is 8.13. The molecule has 2 saturated heterocycles. The van der Waals surface area contributed by atoms with E-state index in [1.165, 1.54) is 37.7 Å². The van der Waals surface area contributed by atoms with Crippen LogP contribution in [0, 0.1) is 0 Å². The summed E-state index contributed by atoms with van der Waals surface area (Å²) in [6.45, 7) is 5.39. The van der Waals surface area contributed by atoms with Crippen molar-refractivity contribution in [3.05, 3.63) is 59.8 Å². The summed E-state index contributed by atoms with van der Waals surface area (Å²) in [5.41, 5.74) is 2.87. The molecule has 7 nitrogen and oxygen atoms in total. The molecule has 3 aromatic rings. The highest BCUT2D eigenvalue weighted by Gasteiger charge is 2.39. The highest BCUT2D eigenvalue weighted by atomic mass is 16.5. The topological polar surface area (TPSA) is 68.6 Å². The lowest BCUT2D eigenvalue weighted by Gasteiger charge is -2.48. The van der Waals surface area contributed by atoms with Crippen LogP contribution < -0.4 is 10.1 Å². The maximum Gasteiger partial charge on any atom is 0.272 e. The number of ether oxygens (including phenoxy) is 2. The number of fused-ring (bicyclic) bond motifs is 3. The van der Waals surface area contributed by atoms with Crippen LogP contribution in [0.2, 0.25) is 0 Å². The number of amides is 1. The number of carbonyl (C=O) groups is 1. The van der Waals surface area contributed by atoms with Crippen molar-refractivity contribution in [1.82, 2.24) is 20.0 Å². The van der Waals surface area contributed by atoms with Crippen molar-refractivity contribution >= 4 is 16.8 Å². The Morgan fingerprint density at radius 1 is 1.00 bits per heavy atom. The van der Waals surface area contributed by atoms with Crippen molar-refractivity contribution < 1.29 is 14.3 Å². The molecule has 0 saturated carbocycles. The minimum Gasteiger partial charge on any atom is -0.497 e. The van der Waals surface area contributed by atoms with Crippen LogP contribution in [0.1, 0.15) is 74.3 Å². The second-order valence-corrected chi connectivity index (χ2v) is 10.9. The van der Waals surface area contributed by atoms with Gasteiger partial charge >= 0.3 is 0 Å². The fourth-order valence-electron chi connectivity index (χ4n) is 6.07. The number of benzene rings is 2. The average Bonchev–Trinajstić information content (AvgIpc) is 3.30. The predicted molar refractivity (Wildman–Crippen MR) is 151 cm³/mol. The van der Waals surface area contributed by atoms with Gasteiger partial charge in [-0.1, -0.05) is 69.4 Å². The maximum absolute atomic E-state index is 13.5. The van der Waals surface area contributed by atoms with Crippen LogP contribution in [-0.4, -0.2) is 59.0 Å². The van der Waals surface area contributed by atoms with E-state index in [1.807, 2.05) is 35.0 Å². The van der Waals surface area contributed by atoms with Crippen LogP contribution in [0.4, 0.5) is 0 Å². The number of para-hydroxylation sites is 1. The van der Waals surface area contributed by atoms with E-state index in [4.69, 9.17) is 14.6 Å². The first-order valence-electron chi connectivity index (χ1n) is 14.4. The number of carbonyl (C=O) groups excluding carboxylic acids is 1. The molecular weight excluding hydrogens is 476 g/mol. The molecule has 3 heterocycles. The summed E-state index contributed by atoms with van der Waals surface area (Å²) in [5, 5.41) is 9.09. The summed E-state index contributed by atoms with van der Waals surface area (Å²) in [6, 6.07) is 17.1. The SMILES string of the molecule is CCCCCCCCn1nc(C(=O)NC2CC3COCC(C2)N3Cc2ccc(OC)cc2)c2ccccc21. The van der Waals surface area contributed by atoms with Crippen molar-refractivity contribution in [2.75, 3.05) is 20.3 Å². The molecule has 2 fully saturated rings. The highest BCUT2D eigenvalue weighted by Crippen LogP contribution is 2.30. The number of hydrogen-bond acceptors (Lipinski definition) is 5. The molecule has 1 amide bonds. The van der Waals surface area contributed by atoms with Crippen molar-refractivity contribution in [2.24, 2.45) is 0 Å². The van der Waals surface area contributed by atoms with Crippen LogP contribution in [0.25, 0.3) is 10.9 Å². The van der Waals surface area contributed by atoms with Gasteiger partial charge in [0.1, 0.15) is 5.75 Å². The van der Waals surface area contributed by atoms with Gasteiger partial charge < -0.3 is 14.8 Å². The number of rotatable bonds is 12. The Morgan fingerprint density at radius 3 is 2.45 bits per heavy atom. The third-order valence-electron chi connectivity index (χ3n) is 8.13. The average molecular weight is 519 g/mol. The minimum atomic E-state index is -0.0597. The molecule has 0 aliphatic carbocycles. The number of piperidine rings is 1. The standard InChI is InChI=1S/C31H42N4O3/c1-3-4-5-6-7-10-17-35-29-12-9-8-11-28(29)30(33-35)31(36)32-24-18-25-21-38-22-26(19-24)34(25)20-23-13-15-27(37-2)16-14-23/h8-9,11-16,24-26H,3-7,10,17-22H2,1-2H3,(H,32,36). The van der Waals surface area contributed by atoms with Gasteiger partial charge in [0, 0.05) is 36.6 Å². The monoisotopic (exact) mass is 518 g/mol. The Hall–Kier alpha value is -2.90. The number of nitrogens with zero attached hydrogens (tertiary/aromatic N) is 3. The minimum absolute atomic E-state index is 0.0597. The molecule has 38 heavy (non-hydrogen) atoms. The van der Waals surface area contributed by atoms with Crippen LogP contribution in [0.3, 0.4) is 0 Å². The van der Waals surface area contributed by atoms with Gasteiger partial charge in [0.15, 0.2) is 5.69 Å². The molecule has 1 N–H and O–H groups in total. The zero-order valence-electron chi connectivity index (χ0n) is 22.9. The van der Waals surface area contributed by atoms with Crippen LogP contribution in [-0.2, 0) is 17.8 Å². The fourth-order valence-corrected chi connectivity index (χ4v) is 6.07. The fraction of sp³-hybridized carbons (Fsp3) is 0.548. The number of methoxy groups -OCH3 is 1. The van der Waals surface area contributed by atoms with Crippen LogP contribution in [0.15, 0.2) is 48.5 Å². The maximum atomic E-state index is 13.5. The summed E-state index contributed by atoms with van der Waals surface area (Å²) < 4.78 is 13.3. The third kappa shape index (κ3) is 6.21. The van der Waals surface area contributed by atoms with E-state index in [-0.39, 0.29) is 24.0 Å². The van der Waals surface area contributed by atoms with Gasteiger partial charge in [-0.2, -0.15) is 5.10 Å². The van der Waals surface area contributed by atoms with Crippen LogP contribution in [0.5, 0.6) is 5.75 Å². The molecule has 204 valence electrons. The van der Waals surface area contributed by atoms with E-state index in [0.29, 0.717) is 18.9 Å². The van der Waals surface area contributed by atoms with E-state index in [0.717, 1.165) is 49.0 Å². The molecule has 5 rings (SSSR count). The summed E-state index contributed by atoms with van der Waals surface area (Å²) >= 11 is 0. The summed E-state index contributed by atoms with van der Waals surface area (Å²) in [4.78, 5) is 16.1. The smallest absolute Gasteiger partial charge is 0.272 e. The van der Waals surface area contributed by atoms with E-state index in [1.54, 1.807) is 7.11 Å². The van der Waals surface area contributed by atoms with Gasteiger partial charge in [0.25, 0.3) is 5.91 Å². The van der Waals surface area contributed by atoms with Gasteiger partial charge in [-0.3, -0.25) is 14.4 Å². The van der Waals surface area contributed by atoms with E-state index in [9.17, 15) is 4.79 Å². The van der Waals surface area contributed by atoms with E-state index < -0.39 is 0 Å². The molecule has 0 radical (unpaired) electrons. The number of morpholine rings is 1. The zero-order valence-corrected chi connectivity index (χ0v) is 22.9. The molecule has 2 unspecified atom stereocenters. The highest BCUT2D eigenvalue weighted by molar-refractivity contribution is 6.05. The van der Waals surface area contributed by atoms with Gasteiger partial charge in [-0.15, -0.1) is 0 Å². The second-order valence-electron chi connectivity index (χ2n) is 10.9. The number of hydrogen-bond donors (Lipinski definition) is 1. The predicted octanol–water partition coefficient (Wildman–Crippen LogP) is 5.57. The molecule has 7 heteroatoms. The van der Waals surface area contributed by atoms with Crippen molar-refractivity contribution in [3.8, 4) is 5.75 Å². The molecule has 2 bridgehead atoms. The number of aryl methyl sites for hydroxylation is 1. The lowest BCUT2D eigenvalue weighted by Crippen LogP contribution is -2.60. The molecule has 2 aromatic carbocycles. The first kappa shape index (κ1) is 26.7. The Balaban J connectivity index is 1.22. The van der Waals surface area contributed by atoms with Gasteiger partial charge in [-0.25, -0.2) is 0 Å². The Morgan fingerprint density at radius 2 is 1.71 bits per heavy atom. The first-order chi connectivity index (χ1) is 18.7. The lowest BCUT2D eigenvalue weighted by atomic mass is 9.89. The number of unbranched alkanes of at least 4 members (excludes halogenated alkanes) is 5. The van der Waals surface area contributed by atoms with Crippen molar-refractivity contribution in [1.29, 1.82) is 0 Å². The second kappa shape index (κ2) is 12.8. The molecular formula is C31H42N4O3. The zero-order chi connectivity index (χ0) is 26.3. The van der Waals surface area contributed by atoms with Crippen molar-refractivity contribution in [2.45, 2.75) is 89.5 Å². The summed E-state index contributed by atoms with van der Waals surface area (Å²) in [6.07, 6.45) is 9.20. The Labute approximate surface area is 226 Å². The van der Waals surface area contributed by atoms with Crippen molar-refractivity contribution in [3.63, 3.8) is 0 Å². The van der Waals surface area contributed by atoms with Gasteiger partial charge in [0.2, 0.25) is 0 Å².